The van der Waals surface area contributed by atoms with Crippen molar-refractivity contribution in [3.05, 3.63) is 28.3 Å². The SMILES string of the molecule is C.CCc1ccc(-c2c3c(nc(N4CCC(F)(F)C4)c2-c2nn[nH]n2)CCCCC3)s1.[HH]. The molecule has 31 heavy (non-hydrogen) atoms. The van der Waals surface area contributed by atoms with Gasteiger partial charge < -0.3 is 4.90 Å². The molecule has 1 N–H and O–H groups in total. The van der Waals surface area contributed by atoms with Gasteiger partial charge in [-0.3, -0.25) is 0 Å². The first-order chi connectivity index (χ1) is 14.6. The van der Waals surface area contributed by atoms with Crippen LogP contribution in [0.1, 0.15) is 57.6 Å². The number of nitrogens with zero attached hydrogens (tertiary/aromatic N) is 5. The Hall–Kier alpha value is -2.42. The number of fused-ring (bicyclic) bond motifs is 1. The number of thiophene rings is 1. The molecule has 5 rings (SSSR count). The van der Waals surface area contributed by atoms with Crippen molar-refractivity contribution < 1.29 is 10.2 Å². The lowest BCUT2D eigenvalue weighted by atomic mass is 9.94. The van der Waals surface area contributed by atoms with E-state index in [9.17, 15) is 8.78 Å². The molecule has 1 aliphatic carbocycles. The van der Waals surface area contributed by atoms with Gasteiger partial charge in [0, 0.05) is 35.4 Å². The van der Waals surface area contributed by atoms with Crippen LogP contribution in [-0.4, -0.2) is 44.6 Å². The lowest BCUT2D eigenvalue weighted by Gasteiger charge is -2.24. The quantitative estimate of drug-likeness (QED) is 0.530. The van der Waals surface area contributed by atoms with E-state index in [-0.39, 0.29) is 28.4 Å². The van der Waals surface area contributed by atoms with Crippen LogP contribution in [0.2, 0.25) is 0 Å². The number of hydrogen-bond donors (Lipinski definition) is 1. The minimum atomic E-state index is -2.71. The third-order valence-electron chi connectivity index (χ3n) is 6.00. The van der Waals surface area contributed by atoms with Crippen molar-refractivity contribution in [2.45, 2.75) is 65.2 Å². The lowest BCUT2D eigenvalue weighted by Crippen LogP contribution is -2.27. The van der Waals surface area contributed by atoms with E-state index >= 15 is 0 Å². The van der Waals surface area contributed by atoms with E-state index in [4.69, 9.17) is 4.98 Å². The maximum atomic E-state index is 14.1. The van der Waals surface area contributed by atoms with Gasteiger partial charge in [0.15, 0.2) is 0 Å². The summed E-state index contributed by atoms with van der Waals surface area (Å²) in [6, 6.07) is 4.28. The number of tetrazole rings is 1. The highest BCUT2D eigenvalue weighted by atomic mass is 32.1. The van der Waals surface area contributed by atoms with E-state index in [0.717, 1.165) is 60.2 Å². The van der Waals surface area contributed by atoms with Gasteiger partial charge in [-0.2, -0.15) is 5.21 Å². The third kappa shape index (κ3) is 4.07. The zero-order valence-corrected chi connectivity index (χ0v) is 17.7. The van der Waals surface area contributed by atoms with Gasteiger partial charge in [0.1, 0.15) is 5.82 Å². The van der Waals surface area contributed by atoms with Crippen LogP contribution >= 0.6 is 11.3 Å². The third-order valence-corrected chi connectivity index (χ3v) is 7.25. The van der Waals surface area contributed by atoms with Crippen LogP contribution in [0.15, 0.2) is 12.1 Å². The fourth-order valence-corrected chi connectivity index (χ4v) is 5.53. The topological polar surface area (TPSA) is 70.6 Å². The van der Waals surface area contributed by atoms with Gasteiger partial charge in [-0.25, -0.2) is 13.8 Å². The highest BCUT2D eigenvalue weighted by Crippen LogP contribution is 2.46. The molecule has 0 bridgehead atoms. The van der Waals surface area contributed by atoms with Gasteiger partial charge in [-0.15, -0.1) is 21.5 Å². The number of pyridine rings is 1. The summed E-state index contributed by atoms with van der Waals surface area (Å²) in [5.41, 5.74) is 4.03. The molecular weight excluding hydrogens is 418 g/mol. The summed E-state index contributed by atoms with van der Waals surface area (Å²) in [5.74, 6) is -1.72. The number of halogens is 2. The minimum Gasteiger partial charge on any atom is -0.350 e. The number of nitrogens with one attached hydrogen (secondary N) is 1. The minimum absolute atomic E-state index is 0. The van der Waals surface area contributed by atoms with E-state index in [1.807, 2.05) is 0 Å². The monoisotopic (exact) mass is 448 g/mol. The van der Waals surface area contributed by atoms with Crippen LogP contribution in [0, 0.1) is 0 Å². The maximum absolute atomic E-state index is 14.1. The molecular formula is C22H30F2N6S. The first kappa shape index (κ1) is 21.8. The fraction of sp³-hybridized carbons (Fsp3) is 0.545. The second kappa shape index (κ2) is 8.61. The number of H-pyrrole nitrogens is 1. The van der Waals surface area contributed by atoms with Crippen LogP contribution < -0.4 is 4.90 Å². The van der Waals surface area contributed by atoms with Crippen molar-refractivity contribution in [2.75, 3.05) is 18.0 Å². The van der Waals surface area contributed by atoms with Crippen molar-refractivity contribution in [1.82, 2.24) is 25.6 Å². The molecule has 0 amide bonds. The molecule has 0 saturated carbocycles. The molecule has 1 saturated heterocycles. The molecule has 0 unspecified atom stereocenters. The number of aryl methyl sites for hydroxylation is 2. The Morgan fingerprint density at radius 1 is 1.19 bits per heavy atom. The van der Waals surface area contributed by atoms with Gasteiger partial charge in [0.25, 0.3) is 5.92 Å². The molecule has 0 aromatic carbocycles. The Kier molecular flexibility index (Phi) is 6.05. The van der Waals surface area contributed by atoms with Crippen LogP contribution in [0.25, 0.3) is 21.8 Å². The van der Waals surface area contributed by atoms with Gasteiger partial charge in [0.05, 0.1) is 12.1 Å². The van der Waals surface area contributed by atoms with Gasteiger partial charge in [-0.1, -0.05) is 20.8 Å². The zero-order chi connectivity index (χ0) is 20.7. The molecule has 6 nitrogen and oxygen atoms in total. The molecule has 168 valence electrons. The number of hydrogen-bond acceptors (Lipinski definition) is 6. The number of alkyl halides is 2. The number of aromatic amines is 1. The number of aromatic nitrogens is 5. The first-order valence-corrected chi connectivity index (χ1v) is 11.4. The van der Waals surface area contributed by atoms with E-state index in [0.29, 0.717) is 11.6 Å². The summed E-state index contributed by atoms with van der Waals surface area (Å²) in [6.45, 7) is 2.09. The molecule has 2 aliphatic rings. The Morgan fingerprint density at radius 3 is 2.71 bits per heavy atom. The van der Waals surface area contributed by atoms with Gasteiger partial charge >= 0.3 is 0 Å². The van der Waals surface area contributed by atoms with Crippen molar-refractivity contribution in [1.29, 1.82) is 0 Å². The Morgan fingerprint density at radius 2 is 2.03 bits per heavy atom. The average molecular weight is 449 g/mol. The Bertz CT molecular complexity index is 1050. The van der Waals surface area contributed by atoms with Crippen LogP contribution in [0.5, 0.6) is 0 Å². The molecule has 0 spiro atoms. The summed E-state index contributed by atoms with van der Waals surface area (Å²) < 4.78 is 28.2. The highest BCUT2D eigenvalue weighted by Gasteiger charge is 2.41. The molecule has 1 fully saturated rings. The highest BCUT2D eigenvalue weighted by molar-refractivity contribution is 7.15. The van der Waals surface area contributed by atoms with Crippen molar-refractivity contribution >= 4 is 17.2 Å². The molecule has 3 aromatic heterocycles. The Labute approximate surface area is 186 Å². The van der Waals surface area contributed by atoms with Crippen molar-refractivity contribution in [3.63, 3.8) is 0 Å². The molecule has 4 heterocycles. The predicted molar refractivity (Wildman–Crippen MR) is 122 cm³/mol. The molecule has 1 aliphatic heterocycles. The fourth-order valence-electron chi connectivity index (χ4n) is 4.50. The predicted octanol–water partition coefficient (Wildman–Crippen LogP) is 5.55. The largest absolute Gasteiger partial charge is 0.350 e. The summed E-state index contributed by atoms with van der Waals surface area (Å²) in [4.78, 5) is 9.08. The normalized spacial score (nSPS) is 17.8. The van der Waals surface area contributed by atoms with Crippen LogP contribution in [-0.2, 0) is 19.3 Å². The summed E-state index contributed by atoms with van der Waals surface area (Å²) in [6.07, 6.45) is 5.92. The summed E-state index contributed by atoms with van der Waals surface area (Å²) in [7, 11) is 0. The second-order valence-corrected chi connectivity index (χ2v) is 9.22. The van der Waals surface area contributed by atoms with Crippen LogP contribution in [0.4, 0.5) is 14.6 Å². The summed E-state index contributed by atoms with van der Waals surface area (Å²) >= 11 is 1.75. The number of anilines is 1. The molecule has 3 aromatic rings. The smallest absolute Gasteiger partial charge is 0.266 e. The molecule has 0 atom stereocenters. The lowest BCUT2D eigenvalue weighted by molar-refractivity contribution is 0.0257. The maximum Gasteiger partial charge on any atom is 0.266 e. The van der Waals surface area contributed by atoms with E-state index in [2.05, 4.69) is 39.7 Å². The van der Waals surface area contributed by atoms with Crippen molar-refractivity contribution in [2.24, 2.45) is 0 Å². The first-order valence-electron chi connectivity index (χ1n) is 10.6. The Balaban J connectivity index is 0.00000144. The van der Waals surface area contributed by atoms with E-state index in [1.54, 1.807) is 16.2 Å². The van der Waals surface area contributed by atoms with Crippen molar-refractivity contribution in [3.8, 4) is 21.8 Å². The number of rotatable bonds is 4. The van der Waals surface area contributed by atoms with E-state index in [1.165, 1.54) is 10.4 Å². The zero-order valence-electron chi connectivity index (χ0n) is 16.9. The summed E-state index contributed by atoms with van der Waals surface area (Å²) in [5, 5.41) is 14.8. The second-order valence-electron chi connectivity index (χ2n) is 8.05. The van der Waals surface area contributed by atoms with E-state index < -0.39 is 5.92 Å². The molecule has 0 radical (unpaired) electrons. The van der Waals surface area contributed by atoms with Crippen LogP contribution in [0.3, 0.4) is 0 Å². The van der Waals surface area contributed by atoms with Gasteiger partial charge in [0.2, 0.25) is 5.82 Å². The molecule has 9 heteroatoms. The standard InChI is InChI=1S/C21H24F2N6S.CH4.H2/c1-2-13-8-9-16(30-13)17-14-6-4-3-5-7-15(14)24-20(18(17)19-25-27-28-26-19)29-11-10-21(22,23)12-29;;/h8-9H,2-7,10-12H2,1H3,(H,25,26,27,28);1H4;1H. The average Bonchev–Trinajstić information content (AvgIpc) is 3.45. The van der Waals surface area contributed by atoms with Gasteiger partial charge in [-0.05, 0) is 55.0 Å².